The lowest BCUT2D eigenvalue weighted by molar-refractivity contribution is -0.142. The van der Waals surface area contributed by atoms with E-state index in [0.29, 0.717) is 5.92 Å². The molecule has 4 heteroatoms. The normalized spacial score (nSPS) is 21.8. The van der Waals surface area contributed by atoms with Crippen molar-refractivity contribution in [2.45, 2.75) is 25.3 Å². The summed E-state index contributed by atoms with van der Waals surface area (Å²) in [6.45, 7) is 3.42. The van der Waals surface area contributed by atoms with Crippen LogP contribution in [0.2, 0.25) is 0 Å². The molecule has 1 saturated heterocycles. The molecule has 0 radical (unpaired) electrons. The van der Waals surface area contributed by atoms with Gasteiger partial charge in [0.15, 0.2) is 0 Å². The number of nitrogens with zero attached hydrogens (tertiary/aromatic N) is 1. The molecule has 1 heterocycles. The summed E-state index contributed by atoms with van der Waals surface area (Å²) in [4.78, 5) is 13.0. The Bertz CT molecular complexity index is 416. The predicted molar refractivity (Wildman–Crippen MR) is 69.0 cm³/mol. The maximum atomic E-state index is 11.0. The molecule has 1 aliphatic heterocycles. The van der Waals surface area contributed by atoms with Gasteiger partial charge in [-0.25, -0.2) is 0 Å². The van der Waals surface area contributed by atoms with E-state index in [4.69, 9.17) is 9.84 Å². The molecular formula is C14H19NO3. The molecule has 0 unspecified atom stereocenters. The van der Waals surface area contributed by atoms with Crippen LogP contribution < -0.4 is 4.74 Å². The third kappa shape index (κ3) is 2.64. The monoisotopic (exact) mass is 249 g/mol. The Morgan fingerprint density at radius 1 is 1.44 bits per heavy atom. The van der Waals surface area contributed by atoms with Gasteiger partial charge >= 0.3 is 5.97 Å². The van der Waals surface area contributed by atoms with Crippen molar-refractivity contribution >= 4 is 5.97 Å². The minimum absolute atomic E-state index is 0.395. The molecule has 2 atom stereocenters. The van der Waals surface area contributed by atoms with Crippen LogP contribution in [0.3, 0.4) is 0 Å². The summed E-state index contributed by atoms with van der Waals surface area (Å²) in [7, 11) is 1.65. The summed E-state index contributed by atoms with van der Waals surface area (Å²) in [5.41, 5.74) is 1.26. The number of benzene rings is 1. The third-order valence-corrected chi connectivity index (χ3v) is 3.71. The van der Waals surface area contributed by atoms with E-state index in [2.05, 4.69) is 12.1 Å². The highest BCUT2D eigenvalue weighted by Gasteiger charge is 2.29. The molecular weight excluding hydrogens is 230 g/mol. The number of carbonyl (C=O) groups is 1. The molecule has 2 rings (SSSR count). The Balaban J connectivity index is 2.01. The first-order chi connectivity index (χ1) is 8.61. The van der Waals surface area contributed by atoms with Crippen molar-refractivity contribution in [3.63, 3.8) is 0 Å². The van der Waals surface area contributed by atoms with E-state index in [9.17, 15) is 4.79 Å². The summed E-state index contributed by atoms with van der Waals surface area (Å²) in [5.74, 6) is 0.538. The highest BCUT2D eigenvalue weighted by molar-refractivity contribution is 5.72. The van der Waals surface area contributed by atoms with Crippen LogP contribution in [0, 0.1) is 0 Å². The maximum Gasteiger partial charge on any atom is 0.320 e. The van der Waals surface area contributed by atoms with Crippen LogP contribution in [0.4, 0.5) is 0 Å². The van der Waals surface area contributed by atoms with Crippen LogP contribution in [0.5, 0.6) is 5.75 Å². The van der Waals surface area contributed by atoms with Crippen LogP contribution in [-0.4, -0.2) is 42.2 Å². The number of aliphatic carboxylic acids is 1. The summed E-state index contributed by atoms with van der Waals surface area (Å²) in [6.07, 6.45) is 1.02. The van der Waals surface area contributed by atoms with Gasteiger partial charge in [0.1, 0.15) is 11.8 Å². The summed E-state index contributed by atoms with van der Waals surface area (Å²) < 4.78 is 5.13. The molecule has 1 fully saturated rings. The first-order valence-electron chi connectivity index (χ1n) is 6.22. The molecule has 1 N–H and O–H groups in total. The Labute approximate surface area is 107 Å². The van der Waals surface area contributed by atoms with E-state index >= 15 is 0 Å². The Morgan fingerprint density at radius 2 is 2.11 bits per heavy atom. The lowest BCUT2D eigenvalue weighted by atomic mass is 9.98. The largest absolute Gasteiger partial charge is 0.497 e. The molecule has 0 bridgehead atoms. The van der Waals surface area contributed by atoms with E-state index in [1.807, 2.05) is 17.0 Å². The zero-order valence-corrected chi connectivity index (χ0v) is 10.8. The second-order valence-electron chi connectivity index (χ2n) is 4.77. The number of carboxylic acid groups (broad SMARTS) is 1. The quantitative estimate of drug-likeness (QED) is 0.886. The molecule has 0 aromatic heterocycles. The Kier molecular flexibility index (Phi) is 3.87. The van der Waals surface area contributed by atoms with Crippen LogP contribution in [0.1, 0.15) is 24.8 Å². The predicted octanol–water partition coefficient (Wildman–Crippen LogP) is 1.96. The first kappa shape index (κ1) is 12.9. The molecule has 4 nitrogen and oxygen atoms in total. The van der Waals surface area contributed by atoms with Crippen molar-refractivity contribution in [2.24, 2.45) is 0 Å². The van der Waals surface area contributed by atoms with Crippen molar-refractivity contribution in [2.75, 3.05) is 20.2 Å². The number of methoxy groups -OCH3 is 1. The fourth-order valence-corrected chi connectivity index (χ4v) is 2.44. The van der Waals surface area contributed by atoms with Gasteiger partial charge in [0.05, 0.1) is 7.11 Å². The fraction of sp³-hybridized carbons (Fsp3) is 0.500. The van der Waals surface area contributed by atoms with Gasteiger partial charge < -0.3 is 9.84 Å². The average Bonchev–Trinajstić information content (AvgIpc) is 2.87. The number of hydrogen-bond donors (Lipinski definition) is 1. The van der Waals surface area contributed by atoms with Crippen molar-refractivity contribution in [1.29, 1.82) is 0 Å². The molecule has 98 valence electrons. The molecule has 0 saturated carbocycles. The summed E-state index contributed by atoms with van der Waals surface area (Å²) >= 11 is 0. The van der Waals surface area contributed by atoms with Gasteiger partial charge in [-0.3, -0.25) is 9.69 Å². The number of rotatable bonds is 4. The van der Waals surface area contributed by atoms with Crippen LogP contribution >= 0.6 is 0 Å². The van der Waals surface area contributed by atoms with Gasteiger partial charge in [0.2, 0.25) is 0 Å². The average molecular weight is 249 g/mol. The van der Waals surface area contributed by atoms with E-state index in [0.717, 1.165) is 25.3 Å². The zero-order valence-electron chi connectivity index (χ0n) is 10.8. The smallest absolute Gasteiger partial charge is 0.320 e. The molecule has 0 spiro atoms. The van der Waals surface area contributed by atoms with E-state index < -0.39 is 12.0 Å². The van der Waals surface area contributed by atoms with Crippen LogP contribution in [0.25, 0.3) is 0 Å². The number of carboxylic acids is 1. The summed E-state index contributed by atoms with van der Waals surface area (Å²) in [5, 5.41) is 9.01. The van der Waals surface area contributed by atoms with Crippen molar-refractivity contribution < 1.29 is 14.6 Å². The molecule has 1 aromatic carbocycles. The minimum Gasteiger partial charge on any atom is -0.497 e. The number of ether oxygens (including phenoxy) is 1. The molecule has 1 aromatic rings. The van der Waals surface area contributed by atoms with Crippen molar-refractivity contribution in [3.05, 3.63) is 29.8 Å². The van der Waals surface area contributed by atoms with E-state index in [1.54, 1.807) is 14.0 Å². The fourth-order valence-electron chi connectivity index (χ4n) is 2.44. The topological polar surface area (TPSA) is 49.8 Å². The molecule has 0 aliphatic carbocycles. The highest BCUT2D eigenvalue weighted by Crippen LogP contribution is 2.29. The van der Waals surface area contributed by atoms with Gasteiger partial charge in [-0.1, -0.05) is 12.1 Å². The van der Waals surface area contributed by atoms with Crippen LogP contribution in [-0.2, 0) is 4.79 Å². The van der Waals surface area contributed by atoms with Gasteiger partial charge in [-0.15, -0.1) is 0 Å². The Morgan fingerprint density at radius 3 is 2.67 bits per heavy atom. The van der Waals surface area contributed by atoms with Crippen molar-refractivity contribution in [1.82, 2.24) is 4.90 Å². The first-order valence-corrected chi connectivity index (χ1v) is 6.22. The lowest BCUT2D eigenvalue weighted by Crippen LogP contribution is -2.37. The highest BCUT2D eigenvalue weighted by atomic mass is 16.5. The SMILES string of the molecule is COc1ccc([C@H]2CCN([C@@H](C)C(=O)O)C2)cc1. The van der Waals surface area contributed by atoms with Gasteiger partial charge in [-0.2, -0.15) is 0 Å². The zero-order chi connectivity index (χ0) is 13.1. The molecule has 1 aliphatic rings. The van der Waals surface area contributed by atoms with Gasteiger partial charge in [0, 0.05) is 6.54 Å². The Hall–Kier alpha value is -1.55. The lowest BCUT2D eigenvalue weighted by Gasteiger charge is -2.20. The van der Waals surface area contributed by atoms with E-state index in [-0.39, 0.29) is 0 Å². The standard InChI is InChI=1S/C14H19NO3/c1-10(14(16)17)15-8-7-12(9-15)11-3-5-13(18-2)6-4-11/h3-6,10,12H,7-9H2,1-2H3,(H,16,17)/t10-,12-/m0/s1. The van der Waals surface area contributed by atoms with Gasteiger partial charge in [-0.05, 0) is 43.5 Å². The summed E-state index contributed by atoms with van der Waals surface area (Å²) in [6, 6.07) is 7.65. The molecule has 18 heavy (non-hydrogen) atoms. The minimum atomic E-state index is -0.745. The number of hydrogen-bond acceptors (Lipinski definition) is 3. The second kappa shape index (κ2) is 5.40. The van der Waals surface area contributed by atoms with Crippen molar-refractivity contribution in [3.8, 4) is 5.75 Å². The second-order valence-corrected chi connectivity index (χ2v) is 4.77. The van der Waals surface area contributed by atoms with Crippen LogP contribution in [0.15, 0.2) is 24.3 Å². The number of likely N-dealkylation sites (tertiary alicyclic amines) is 1. The van der Waals surface area contributed by atoms with Gasteiger partial charge in [0.25, 0.3) is 0 Å². The van der Waals surface area contributed by atoms with E-state index in [1.165, 1.54) is 5.56 Å². The molecule has 0 amide bonds. The third-order valence-electron chi connectivity index (χ3n) is 3.71. The maximum absolute atomic E-state index is 11.0.